The quantitative estimate of drug-likeness (QED) is 0.207. The number of carbonyl (C=O) groups is 1. The molecule has 4 rings (SSSR count). The first kappa shape index (κ1) is 22.7. The van der Waals surface area contributed by atoms with E-state index < -0.39 is 10.1 Å². The van der Waals surface area contributed by atoms with Crippen molar-refractivity contribution in [3.8, 4) is 5.75 Å². The van der Waals surface area contributed by atoms with Gasteiger partial charge in [0.05, 0.1) is 6.21 Å². The number of benzene rings is 4. The van der Waals surface area contributed by atoms with E-state index in [4.69, 9.17) is 4.18 Å². The number of aryl methyl sites for hydroxylation is 1. The van der Waals surface area contributed by atoms with Gasteiger partial charge in [-0.15, -0.1) is 0 Å². The number of hydrogen-bond acceptors (Lipinski definition) is 5. The minimum absolute atomic E-state index is 0.0449. The van der Waals surface area contributed by atoms with Gasteiger partial charge in [-0.05, 0) is 60.2 Å². The zero-order chi connectivity index (χ0) is 23.4. The summed E-state index contributed by atoms with van der Waals surface area (Å²) in [4.78, 5) is 12.6. The van der Waals surface area contributed by atoms with Crippen molar-refractivity contribution in [3.63, 3.8) is 0 Å². The van der Waals surface area contributed by atoms with Crippen molar-refractivity contribution in [1.29, 1.82) is 0 Å². The van der Waals surface area contributed by atoms with E-state index in [1.807, 2.05) is 37.3 Å². The molecule has 0 aliphatic heterocycles. The van der Waals surface area contributed by atoms with Crippen LogP contribution in [0.5, 0.6) is 5.75 Å². The van der Waals surface area contributed by atoms with Gasteiger partial charge in [-0.2, -0.15) is 13.5 Å². The first-order valence-corrected chi connectivity index (χ1v) is 12.1. The molecule has 0 radical (unpaired) electrons. The lowest BCUT2D eigenvalue weighted by Crippen LogP contribution is -2.17. The summed E-state index contributed by atoms with van der Waals surface area (Å²) in [5, 5.41) is 5.97. The second-order valence-electron chi connectivity index (χ2n) is 7.29. The Balaban J connectivity index is 1.53. The minimum atomic E-state index is -4.03. The van der Waals surface area contributed by atoms with Gasteiger partial charge < -0.3 is 4.18 Å². The lowest BCUT2D eigenvalue weighted by atomic mass is 10.1. The van der Waals surface area contributed by atoms with E-state index in [2.05, 4.69) is 26.5 Å². The molecule has 4 aromatic rings. The van der Waals surface area contributed by atoms with Crippen LogP contribution in [0, 0.1) is 6.92 Å². The Labute approximate surface area is 200 Å². The molecule has 0 unspecified atom stereocenters. The number of nitrogens with zero attached hydrogens (tertiary/aromatic N) is 1. The van der Waals surface area contributed by atoms with Gasteiger partial charge in [0.2, 0.25) is 0 Å². The van der Waals surface area contributed by atoms with Crippen molar-refractivity contribution in [2.45, 2.75) is 11.8 Å². The second-order valence-corrected chi connectivity index (χ2v) is 9.76. The van der Waals surface area contributed by atoms with Crippen LogP contribution in [0.1, 0.15) is 21.5 Å². The highest BCUT2D eigenvalue weighted by Crippen LogP contribution is 2.25. The van der Waals surface area contributed by atoms with Crippen LogP contribution in [-0.4, -0.2) is 20.5 Å². The van der Waals surface area contributed by atoms with Crippen LogP contribution in [0.2, 0.25) is 0 Å². The first-order valence-electron chi connectivity index (χ1n) is 9.95. The minimum Gasteiger partial charge on any atom is -0.378 e. The molecule has 0 heterocycles. The maximum Gasteiger partial charge on any atom is 0.339 e. The molecular formula is C25H19BrN2O4S. The van der Waals surface area contributed by atoms with Crippen LogP contribution < -0.4 is 9.61 Å². The molecule has 0 saturated heterocycles. The maximum absolute atomic E-state index is 12.7. The summed E-state index contributed by atoms with van der Waals surface area (Å²) < 4.78 is 31.4. The second kappa shape index (κ2) is 9.56. The number of halogens is 1. The number of carbonyl (C=O) groups excluding carboxylic acids is 1. The summed E-state index contributed by atoms with van der Waals surface area (Å²) in [6.45, 7) is 1.87. The van der Waals surface area contributed by atoms with Gasteiger partial charge >= 0.3 is 10.1 Å². The van der Waals surface area contributed by atoms with Crippen LogP contribution in [-0.2, 0) is 10.1 Å². The SMILES string of the molecule is Cc1ccc(S(=O)(=O)Oc2ccc(Br)cc2C=NNC(=O)c2ccc3ccccc3c2)cc1. The molecular weight excluding hydrogens is 504 g/mol. The monoisotopic (exact) mass is 522 g/mol. The molecule has 0 spiro atoms. The Bertz CT molecular complexity index is 1470. The van der Waals surface area contributed by atoms with Crippen LogP contribution >= 0.6 is 15.9 Å². The fourth-order valence-electron chi connectivity index (χ4n) is 3.12. The standard InChI is InChI=1S/C25H19BrN2O4S/c1-17-6-11-23(12-7-17)33(30,31)32-24-13-10-22(26)15-21(24)16-27-28-25(29)20-9-8-18-4-2-3-5-19(18)14-20/h2-16H,1H3,(H,28,29). The van der Waals surface area contributed by atoms with Gasteiger partial charge in [0, 0.05) is 15.6 Å². The summed E-state index contributed by atoms with van der Waals surface area (Å²) in [7, 11) is -4.03. The maximum atomic E-state index is 12.7. The number of hydrazone groups is 1. The van der Waals surface area contributed by atoms with Crippen molar-refractivity contribution in [2.75, 3.05) is 0 Å². The molecule has 0 aliphatic carbocycles. The summed E-state index contributed by atoms with van der Waals surface area (Å²) in [5.74, 6) is -0.302. The summed E-state index contributed by atoms with van der Waals surface area (Å²) >= 11 is 3.36. The number of nitrogens with one attached hydrogen (secondary N) is 1. The van der Waals surface area contributed by atoms with Gasteiger partial charge in [0.25, 0.3) is 5.91 Å². The van der Waals surface area contributed by atoms with Crippen LogP contribution in [0.15, 0.2) is 99.4 Å². The van der Waals surface area contributed by atoms with Crippen LogP contribution in [0.4, 0.5) is 0 Å². The van der Waals surface area contributed by atoms with Gasteiger partial charge in [-0.3, -0.25) is 4.79 Å². The highest BCUT2D eigenvalue weighted by molar-refractivity contribution is 9.10. The van der Waals surface area contributed by atoms with Crippen molar-refractivity contribution in [1.82, 2.24) is 5.43 Å². The highest BCUT2D eigenvalue weighted by Gasteiger charge is 2.18. The zero-order valence-electron chi connectivity index (χ0n) is 17.5. The normalized spacial score (nSPS) is 11.6. The summed E-state index contributed by atoms with van der Waals surface area (Å²) in [5.41, 5.74) is 4.24. The van der Waals surface area contributed by atoms with Gasteiger partial charge in [0.1, 0.15) is 4.90 Å². The fraction of sp³-hybridized carbons (Fsp3) is 0.0400. The van der Waals surface area contributed by atoms with Gasteiger partial charge in [0.15, 0.2) is 5.75 Å². The van der Waals surface area contributed by atoms with Crippen LogP contribution in [0.3, 0.4) is 0 Å². The Kier molecular flexibility index (Phi) is 6.57. The number of rotatable bonds is 6. The highest BCUT2D eigenvalue weighted by atomic mass is 79.9. The van der Waals surface area contributed by atoms with E-state index in [-0.39, 0.29) is 16.6 Å². The molecule has 0 bridgehead atoms. The average Bonchev–Trinajstić information content (AvgIpc) is 2.80. The molecule has 8 heteroatoms. The number of fused-ring (bicyclic) bond motifs is 1. The Hall–Kier alpha value is -3.49. The van der Waals surface area contributed by atoms with Gasteiger partial charge in [-0.1, -0.05) is 64.0 Å². The summed E-state index contributed by atoms with van der Waals surface area (Å²) in [6, 6.07) is 24.3. The molecule has 0 atom stereocenters. The topological polar surface area (TPSA) is 84.8 Å². The molecule has 0 saturated carbocycles. The van der Waals surface area contributed by atoms with Crippen molar-refractivity contribution in [3.05, 3.63) is 106 Å². The van der Waals surface area contributed by atoms with E-state index in [0.29, 0.717) is 15.6 Å². The zero-order valence-corrected chi connectivity index (χ0v) is 19.9. The molecule has 1 N–H and O–H groups in total. The molecule has 0 aromatic heterocycles. The molecule has 1 amide bonds. The molecule has 0 aliphatic rings. The Morgan fingerprint density at radius 2 is 1.67 bits per heavy atom. The van der Waals surface area contributed by atoms with Crippen molar-refractivity contribution >= 4 is 48.9 Å². The lowest BCUT2D eigenvalue weighted by molar-refractivity contribution is 0.0955. The van der Waals surface area contributed by atoms with E-state index in [1.54, 1.807) is 36.4 Å². The average molecular weight is 523 g/mol. The lowest BCUT2D eigenvalue weighted by Gasteiger charge is -2.10. The predicted octanol–water partition coefficient (Wildman–Crippen LogP) is 5.44. The number of hydrogen-bond donors (Lipinski definition) is 1. The molecule has 4 aromatic carbocycles. The predicted molar refractivity (Wildman–Crippen MR) is 132 cm³/mol. The van der Waals surface area contributed by atoms with E-state index >= 15 is 0 Å². The summed E-state index contributed by atoms with van der Waals surface area (Å²) in [6.07, 6.45) is 1.34. The molecule has 6 nitrogen and oxygen atoms in total. The first-order chi connectivity index (χ1) is 15.8. The largest absolute Gasteiger partial charge is 0.378 e. The molecule has 166 valence electrons. The molecule has 33 heavy (non-hydrogen) atoms. The third-order valence-corrected chi connectivity index (χ3v) is 6.60. The number of amides is 1. The van der Waals surface area contributed by atoms with E-state index in [9.17, 15) is 13.2 Å². The van der Waals surface area contributed by atoms with E-state index in [0.717, 1.165) is 16.3 Å². The van der Waals surface area contributed by atoms with E-state index in [1.165, 1.54) is 24.4 Å². The van der Waals surface area contributed by atoms with Gasteiger partial charge in [-0.25, -0.2) is 5.43 Å². The van der Waals surface area contributed by atoms with Crippen molar-refractivity contribution < 1.29 is 17.4 Å². The smallest absolute Gasteiger partial charge is 0.339 e. The third-order valence-electron chi connectivity index (χ3n) is 4.86. The third kappa shape index (κ3) is 5.47. The Morgan fingerprint density at radius 3 is 2.42 bits per heavy atom. The van der Waals surface area contributed by atoms with Crippen molar-refractivity contribution in [2.24, 2.45) is 5.10 Å². The molecule has 0 fully saturated rings. The Morgan fingerprint density at radius 1 is 0.939 bits per heavy atom. The fourth-order valence-corrected chi connectivity index (χ4v) is 4.46. The van der Waals surface area contributed by atoms with Crippen LogP contribution in [0.25, 0.3) is 10.8 Å².